The van der Waals surface area contributed by atoms with Crippen LogP contribution in [0.3, 0.4) is 0 Å². The molecule has 3 rings (SSSR count). The summed E-state index contributed by atoms with van der Waals surface area (Å²) in [6.45, 7) is 9.75. The van der Waals surface area contributed by atoms with Gasteiger partial charge >= 0.3 is 0 Å². The summed E-state index contributed by atoms with van der Waals surface area (Å²) in [6.07, 6.45) is 1.10. The summed E-state index contributed by atoms with van der Waals surface area (Å²) in [5.41, 5.74) is 0. The van der Waals surface area contributed by atoms with E-state index in [9.17, 15) is 8.42 Å². The first kappa shape index (κ1) is 16.6. The molecule has 3 aliphatic rings. The molecule has 7 nitrogen and oxygen atoms in total. The second-order valence-corrected chi connectivity index (χ2v) is 8.59. The van der Waals surface area contributed by atoms with E-state index in [1.807, 2.05) is 13.8 Å². The third-order valence-electron chi connectivity index (χ3n) is 4.86. The van der Waals surface area contributed by atoms with Crippen molar-refractivity contribution in [2.24, 2.45) is 0 Å². The minimum absolute atomic E-state index is 0.0376. The molecule has 0 aromatic rings. The summed E-state index contributed by atoms with van der Waals surface area (Å²) in [5, 5.41) is 3.38. The number of piperazine rings is 1. The average Bonchev–Trinajstić information content (AvgIpc) is 3.00. The molecule has 3 saturated heterocycles. The lowest BCUT2D eigenvalue weighted by atomic mass is 10.2. The first-order chi connectivity index (χ1) is 10.5. The number of morpholine rings is 1. The molecule has 0 aromatic heterocycles. The maximum absolute atomic E-state index is 12.8. The maximum Gasteiger partial charge on any atom is 0.282 e. The number of ether oxygens (including phenoxy) is 1. The minimum Gasteiger partial charge on any atom is -0.373 e. The molecule has 3 unspecified atom stereocenters. The van der Waals surface area contributed by atoms with Crippen molar-refractivity contribution in [3.8, 4) is 0 Å². The summed E-state index contributed by atoms with van der Waals surface area (Å²) in [7, 11) is -3.35. The fraction of sp³-hybridized carbons (Fsp3) is 1.00. The zero-order valence-corrected chi connectivity index (χ0v) is 14.4. The molecule has 128 valence electrons. The van der Waals surface area contributed by atoms with Gasteiger partial charge in [0.15, 0.2) is 0 Å². The van der Waals surface area contributed by atoms with E-state index in [-0.39, 0.29) is 12.2 Å². The lowest BCUT2D eigenvalue weighted by Gasteiger charge is -2.41. The number of nitrogens with one attached hydrogen (secondary N) is 1. The zero-order chi connectivity index (χ0) is 15.7. The highest BCUT2D eigenvalue weighted by molar-refractivity contribution is 7.86. The van der Waals surface area contributed by atoms with Crippen LogP contribution in [0.1, 0.15) is 20.3 Å². The number of hydrogen-bond acceptors (Lipinski definition) is 5. The monoisotopic (exact) mass is 332 g/mol. The van der Waals surface area contributed by atoms with Gasteiger partial charge in [0, 0.05) is 51.9 Å². The van der Waals surface area contributed by atoms with Crippen molar-refractivity contribution in [3.63, 3.8) is 0 Å². The minimum atomic E-state index is -3.35. The molecule has 8 heteroatoms. The molecule has 0 bridgehead atoms. The lowest BCUT2D eigenvalue weighted by molar-refractivity contribution is -0.0458. The highest BCUT2D eigenvalue weighted by Gasteiger charge is 2.37. The molecule has 0 radical (unpaired) electrons. The number of rotatable bonds is 3. The van der Waals surface area contributed by atoms with Crippen molar-refractivity contribution in [2.75, 3.05) is 52.4 Å². The van der Waals surface area contributed by atoms with E-state index in [4.69, 9.17) is 4.74 Å². The summed E-state index contributed by atoms with van der Waals surface area (Å²) in [6, 6.07) is 0.577. The average molecular weight is 332 g/mol. The van der Waals surface area contributed by atoms with Crippen LogP contribution >= 0.6 is 0 Å². The summed E-state index contributed by atoms with van der Waals surface area (Å²) in [4.78, 5) is 2.43. The molecule has 0 amide bonds. The van der Waals surface area contributed by atoms with Crippen LogP contribution in [0.25, 0.3) is 0 Å². The van der Waals surface area contributed by atoms with Gasteiger partial charge in [-0.15, -0.1) is 0 Å². The van der Waals surface area contributed by atoms with E-state index in [2.05, 4.69) is 10.2 Å². The first-order valence-corrected chi connectivity index (χ1v) is 9.72. The Morgan fingerprint density at radius 3 is 2.18 bits per heavy atom. The van der Waals surface area contributed by atoms with Crippen LogP contribution in [0.5, 0.6) is 0 Å². The largest absolute Gasteiger partial charge is 0.373 e. The predicted molar refractivity (Wildman–Crippen MR) is 84.9 cm³/mol. The summed E-state index contributed by atoms with van der Waals surface area (Å²) in [5.74, 6) is 0. The van der Waals surface area contributed by atoms with Crippen LogP contribution in [-0.4, -0.2) is 92.5 Å². The van der Waals surface area contributed by atoms with Crippen LogP contribution in [-0.2, 0) is 14.9 Å². The van der Waals surface area contributed by atoms with Crippen LogP contribution in [0, 0.1) is 0 Å². The van der Waals surface area contributed by atoms with E-state index in [1.54, 1.807) is 8.61 Å². The Kier molecular flexibility index (Phi) is 5.06. The van der Waals surface area contributed by atoms with Gasteiger partial charge in [-0.2, -0.15) is 17.0 Å². The van der Waals surface area contributed by atoms with Gasteiger partial charge in [0.05, 0.1) is 12.2 Å². The topological polar surface area (TPSA) is 65.1 Å². The van der Waals surface area contributed by atoms with Crippen LogP contribution in [0.15, 0.2) is 0 Å². The zero-order valence-electron chi connectivity index (χ0n) is 13.6. The summed E-state index contributed by atoms with van der Waals surface area (Å²) >= 11 is 0. The number of nitrogens with zero attached hydrogens (tertiary/aromatic N) is 3. The molecule has 0 aliphatic carbocycles. The Morgan fingerprint density at radius 2 is 1.64 bits per heavy atom. The van der Waals surface area contributed by atoms with Crippen LogP contribution in [0.2, 0.25) is 0 Å². The Bertz CT molecular complexity index is 462. The van der Waals surface area contributed by atoms with Gasteiger partial charge in [-0.3, -0.25) is 4.90 Å². The predicted octanol–water partition coefficient (Wildman–Crippen LogP) is -0.680. The molecule has 0 aromatic carbocycles. The van der Waals surface area contributed by atoms with E-state index < -0.39 is 10.2 Å². The highest BCUT2D eigenvalue weighted by Crippen LogP contribution is 2.20. The molecule has 3 heterocycles. The lowest BCUT2D eigenvalue weighted by Crippen LogP contribution is -2.58. The molecular formula is C14H28N4O3S. The van der Waals surface area contributed by atoms with Gasteiger partial charge < -0.3 is 10.1 Å². The third kappa shape index (κ3) is 3.47. The Labute approximate surface area is 133 Å². The first-order valence-electron chi connectivity index (χ1n) is 8.32. The Hall–Kier alpha value is -0.250. The van der Waals surface area contributed by atoms with Gasteiger partial charge in [-0.25, -0.2) is 0 Å². The third-order valence-corrected chi connectivity index (χ3v) is 6.83. The van der Waals surface area contributed by atoms with Crippen molar-refractivity contribution in [1.82, 2.24) is 18.8 Å². The van der Waals surface area contributed by atoms with Gasteiger partial charge in [0.2, 0.25) is 0 Å². The molecule has 0 spiro atoms. The molecule has 3 fully saturated rings. The Balaban J connectivity index is 1.59. The molecule has 1 N–H and O–H groups in total. The van der Waals surface area contributed by atoms with E-state index in [0.717, 1.165) is 26.2 Å². The SMILES string of the molecule is CC1CN(S(=O)(=O)N2CCN(C3CCNC3)CC2)CC(C)O1. The quantitative estimate of drug-likeness (QED) is 0.742. The van der Waals surface area contributed by atoms with Gasteiger partial charge in [0.1, 0.15) is 0 Å². The van der Waals surface area contributed by atoms with E-state index in [0.29, 0.717) is 32.2 Å². The van der Waals surface area contributed by atoms with Crippen molar-refractivity contribution in [1.29, 1.82) is 0 Å². The molecule has 22 heavy (non-hydrogen) atoms. The Morgan fingerprint density at radius 1 is 1.00 bits per heavy atom. The molecular weight excluding hydrogens is 304 g/mol. The molecule has 3 atom stereocenters. The highest BCUT2D eigenvalue weighted by atomic mass is 32.2. The standard InChI is InChI=1S/C14H28N4O3S/c1-12-10-18(11-13(2)21-12)22(19,20)17-7-5-16(6-8-17)14-3-4-15-9-14/h12-15H,3-11H2,1-2H3. The fourth-order valence-electron chi connectivity index (χ4n) is 3.73. The number of hydrogen-bond donors (Lipinski definition) is 1. The van der Waals surface area contributed by atoms with E-state index >= 15 is 0 Å². The van der Waals surface area contributed by atoms with Crippen LogP contribution < -0.4 is 5.32 Å². The molecule has 3 aliphatic heterocycles. The van der Waals surface area contributed by atoms with Gasteiger partial charge in [-0.1, -0.05) is 0 Å². The normalized spacial score (nSPS) is 36.7. The maximum atomic E-state index is 12.8. The smallest absolute Gasteiger partial charge is 0.282 e. The fourth-order valence-corrected chi connectivity index (χ4v) is 5.48. The van der Waals surface area contributed by atoms with E-state index in [1.165, 1.54) is 6.42 Å². The van der Waals surface area contributed by atoms with Crippen LogP contribution in [0.4, 0.5) is 0 Å². The van der Waals surface area contributed by atoms with Gasteiger partial charge in [-0.05, 0) is 26.8 Å². The molecule has 0 saturated carbocycles. The van der Waals surface area contributed by atoms with Gasteiger partial charge in [0.25, 0.3) is 10.2 Å². The second kappa shape index (κ2) is 6.70. The van der Waals surface area contributed by atoms with Crippen molar-refractivity contribution in [2.45, 2.75) is 38.5 Å². The second-order valence-electron chi connectivity index (χ2n) is 6.66. The van der Waals surface area contributed by atoms with Crippen molar-refractivity contribution >= 4 is 10.2 Å². The van der Waals surface area contributed by atoms with Crippen molar-refractivity contribution < 1.29 is 13.2 Å². The van der Waals surface area contributed by atoms with Crippen molar-refractivity contribution in [3.05, 3.63) is 0 Å². The summed E-state index contributed by atoms with van der Waals surface area (Å²) < 4.78 is 34.5.